The Morgan fingerprint density at radius 2 is 1.57 bits per heavy atom. The quantitative estimate of drug-likeness (QED) is 0.507. The van der Waals surface area contributed by atoms with E-state index >= 15 is 0 Å². The molecule has 0 amide bonds. The number of hydrogen-bond donors (Lipinski definition) is 1. The van der Waals surface area contributed by atoms with Crippen LogP contribution in [0.4, 0.5) is 13.2 Å². The SMILES string of the molecule is FC1CC1(F)F.N. The van der Waals surface area contributed by atoms with E-state index in [0.717, 1.165) is 0 Å². The molecule has 1 fully saturated rings. The van der Waals surface area contributed by atoms with Crippen molar-refractivity contribution in [1.82, 2.24) is 6.15 Å². The van der Waals surface area contributed by atoms with Crippen LogP contribution in [0, 0.1) is 0 Å². The Morgan fingerprint density at radius 1 is 1.43 bits per heavy atom. The van der Waals surface area contributed by atoms with Crippen LogP contribution in [-0.4, -0.2) is 12.1 Å². The summed E-state index contributed by atoms with van der Waals surface area (Å²) < 4.78 is 33.4. The van der Waals surface area contributed by atoms with Gasteiger partial charge in [0.05, 0.1) is 6.42 Å². The second kappa shape index (κ2) is 1.36. The minimum Gasteiger partial charge on any atom is -0.344 e. The molecule has 0 heterocycles. The molecule has 7 heavy (non-hydrogen) atoms. The molecule has 0 bridgehead atoms. The highest BCUT2D eigenvalue weighted by Gasteiger charge is 2.58. The van der Waals surface area contributed by atoms with Gasteiger partial charge in [-0.05, 0) is 0 Å². The van der Waals surface area contributed by atoms with Gasteiger partial charge in [0.2, 0.25) is 0 Å². The van der Waals surface area contributed by atoms with Crippen molar-refractivity contribution in [3.63, 3.8) is 0 Å². The molecule has 4 heteroatoms. The third-order valence-corrected chi connectivity index (χ3v) is 0.750. The van der Waals surface area contributed by atoms with Crippen molar-refractivity contribution in [3.8, 4) is 0 Å². The van der Waals surface area contributed by atoms with Crippen LogP contribution >= 0.6 is 0 Å². The average molecular weight is 113 g/mol. The fourth-order valence-corrected chi connectivity index (χ4v) is 0.180. The largest absolute Gasteiger partial charge is 0.344 e. The maximum absolute atomic E-state index is 11.2. The van der Waals surface area contributed by atoms with Crippen LogP contribution in [0.3, 0.4) is 0 Å². The third-order valence-electron chi connectivity index (χ3n) is 0.750. The summed E-state index contributed by atoms with van der Waals surface area (Å²) in [6.45, 7) is 0. The third kappa shape index (κ3) is 1.06. The molecule has 0 saturated heterocycles. The van der Waals surface area contributed by atoms with Gasteiger partial charge >= 0.3 is 0 Å². The minimum absolute atomic E-state index is 0. The van der Waals surface area contributed by atoms with E-state index in [0.29, 0.717) is 0 Å². The molecule has 3 N–H and O–H groups in total. The normalized spacial score (nSPS) is 33.9. The van der Waals surface area contributed by atoms with Gasteiger partial charge in [-0.15, -0.1) is 0 Å². The van der Waals surface area contributed by atoms with Crippen molar-refractivity contribution in [2.75, 3.05) is 0 Å². The second-order valence-corrected chi connectivity index (χ2v) is 1.43. The molecule has 1 atom stereocenters. The van der Waals surface area contributed by atoms with Crippen molar-refractivity contribution >= 4 is 0 Å². The van der Waals surface area contributed by atoms with Gasteiger partial charge in [-0.25, -0.2) is 13.2 Å². The topological polar surface area (TPSA) is 35.0 Å². The first-order valence-corrected chi connectivity index (χ1v) is 1.65. The van der Waals surface area contributed by atoms with Crippen molar-refractivity contribution < 1.29 is 13.2 Å². The van der Waals surface area contributed by atoms with Crippen LogP contribution in [0.2, 0.25) is 0 Å². The van der Waals surface area contributed by atoms with E-state index in [-0.39, 0.29) is 6.15 Å². The predicted molar refractivity (Wildman–Crippen MR) is 19.5 cm³/mol. The number of hydrogen-bond acceptors (Lipinski definition) is 1. The molecule has 0 spiro atoms. The summed E-state index contributed by atoms with van der Waals surface area (Å²) in [5.74, 6) is -2.96. The Hall–Kier alpha value is -0.250. The molecule has 1 nitrogen and oxygen atoms in total. The van der Waals surface area contributed by atoms with Gasteiger partial charge in [0, 0.05) is 0 Å². The van der Waals surface area contributed by atoms with E-state index in [9.17, 15) is 13.2 Å². The molecule has 0 radical (unpaired) electrons. The zero-order chi connectivity index (χ0) is 4.78. The van der Waals surface area contributed by atoms with Gasteiger partial charge in [-0.3, -0.25) is 0 Å². The highest BCUT2D eigenvalue weighted by molar-refractivity contribution is 4.95. The van der Waals surface area contributed by atoms with Crippen LogP contribution < -0.4 is 6.15 Å². The first-order valence-electron chi connectivity index (χ1n) is 1.65. The van der Waals surface area contributed by atoms with Gasteiger partial charge in [0.15, 0.2) is 6.17 Å². The van der Waals surface area contributed by atoms with E-state index in [4.69, 9.17) is 0 Å². The Bertz CT molecular complexity index is 72.6. The lowest BCUT2D eigenvalue weighted by atomic mass is 10.8. The second-order valence-electron chi connectivity index (χ2n) is 1.43. The van der Waals surface area contributed by atoms with Gasteiger partial charge in [0.25, 0.3) is 5.92 Å². The fourth-order valence-electron chi connectivity index (χ4n) is 0.180. The smallest absolute Gasteiger partial charge is 0.281 e. The lowest BCUT2D eigenvalue weighted by Crippen LogP contribution is -1.90. The first kappa shape index (κ1) is 6.75. The predicted octanol–water partition coefficient (Wildman–Crippen LogP) is 1.53. The maximum atomic E-state index is 11.2. The minimum atomic E-state index is -2.96. The van der Waals surface area contributed by atoms with Crippen molar-refractivity contribution in [2.45, 2.75) is 18.5 Å². The van der Waals surface area contributed by atoms with Crippen LogP contribution in [0.1, 0.15) is 6.42 Å². The molecule has 1 aliphatic rings. The standard InChI is InChI=1S/C3H3F3.H3N/c4-2-1-3(2,5)6;/h2H,1H2;1H3. The van der Waals surface area contributed by atoms with Gasteiger partial charge in [-0.2, -0.15) is 0 Å². The van der Waals surface area contributed by atoms with Crippen LogP contribution in [0.5, 0.6) is 0 Å². The van der Waals surface area contributed by atoms with Crippen LogP contribution in [-0.2, 0) is 0 Å². The summed E-state index contributed by atoms with van der Waals surface area (Å²) in [6.07, 6.45) is -2.40. The van der Waals surface area contributed by atoms with Crippen molar-refractivity contribution in [1.29, 1.82) is 0 Å². The molecule has 1 aliphatic carbocycles. The zero-order valence-electron chi connectivity index (χ0n) is 3.63. The number of rotatable bonds is 0. The Morgan fingerprint density at radius 3 is 1.57 bits per heavy atom. The van der Waals surface area contributed by atoms with E-state index < -0.39 is 18.5 Å². The molecule has 0 aromatic carbocycles. The first-order chi connectivity index (χ1) is 2.63. The molecule has 0 aromatic rings. The van der Waals surface area contributed by atoms with Gasteiger partial charge in [0.1, 0.15) is 0 Å². The monoisotopic (exact) mass is 113 g/mol. The maximum Gasteiger partial charge on any atom is 0.281 e. The van der Waals surface area contributed by atoms with E-state index in [1.54, 1.807) is 0 Å². The van der Waals surface area contributed by atoms with Crippen LogP contribution in [0.25, 0.3) is 0 Å². The summed E-state index contributed by atoms with van der Waals surface area (Å²) in [4.78, 5) is 0. The molecule has 0 aromatic heterocycles. The molecule has 44 valence electrons. The summed E-state index contributed by atoms with van der Waals surface area (Å²) in [5.41, 5.74) is 0. The lowest BCUT2D eigenvalue weighted by Gasteiger charge is -1.79. The van der Waals surface area contributed by atoms with Crippen molar-refractivity contribution in [2.24, 2.45) is 0 Å². The van der Waals surface area contributed by atoms with Crippen LogP contribution in [0.15, 0.2) is 0 Å². The molecule has 0 aliphatic heterocycles. The molecule has 1 rings (SSSR count). The highest BCUT2D eigenvalue weighted by Crippen LogP contribution is 2.44. The molecule has 1 unspecified atom stereocenters. The number of alkyl halides is 3. The summed E-state index contributed by atoms with van der Waals surface area (Å²) >= 11 is 0. The van der Waals surface area contributed by atoms with Gasteiger partial charge < -0.3 is 6.15 Å². The Labute approximate surface area is 39.1 Å². The molecular formula is C3H6F3N. The van der Waals surface area contributed by atoms with E-state index in [2.05, 4.69) is 0 Å². The lowest BCUT2D eigenvalue weighted by molar-refractivity contribution is 0.0870. The zero-order valence-corrected chi connectivity index (χ0v) is 3.63. The summed E-state index contributed by atoms with van der Waals surface area (Å²) in [6, 6.07) is 0. The highest BCUT2D eigenvalue weighted by atomic mass is 19.3. The fraction of sp³-hybridized carbons (Fsp3) is 1.00. The summed E-state index contributed by atoms with van der Waals surface area (Å²) in [5, 5.41) is 0. The van der Waals surface area contributed by atoms with Gasteiger partial charge in [-0.1, -0.05) is 0 Å². The molecular weight excluding hydrogens is 107 g/mol. The average Bonchev–Trinajstić information content (AvgIpc) is 1.73. The number of halogens is 3. The molecule has 1 saturated carbocycles. The van der Waals surface area contributed by atoms with E-state index in [1.165, 1.54) is 0 Å². The Kier molecular flexibility index (Phi) is 1.32. The Balaban J connectivity index is 0.000000360. The summed E-state index contributed by atoms with van der Waals surface area (Å²) in [7, 11) is 0. The van der Waals surface area contributed by atoms with E-state index in [1.807, 2.05) is 0 Å². The van der Waals surface area contributed by atoms with Crippen molar-refractivity contribution in [3.05, 3.63) is 0 Å².